The van der Waals surface area contributed by atoms with Gasteiger partial charge in [-0.3, -0.25) is 10.1 Å². The summed E-state index contributed by atoms with van der Waals surface area (Å²) in [6.45, 7) is 2.49. The lowest BCUT2D eigenvalue weighted by Crippen LogP contribution is -2.31. The van der Waals surface area contributed by atoms with Gasteiger partial charge in [-0.15, -0.1) is 5.10 Å². The molecule has 0 spiro atoms. The van der Waals surface area contributed by atoms with Gasteiger partial charge in [0.15, 0.2) is 0 Å². The molecule has 0 aromatic carbocycles. The van der Waals surface area contributed by atoms with Crippen LogP contribution in [0.2, 0.25) is 0 Å². The van der Waals surface area contributed by atoms with Crippen molar-refractivity contribution in [1.29, 1.82) is 0 Å². The fraction of sp³-hybridized carbons (Fsp3) is 0.727. The van der Waals surface area contributed by atoms with Crippen molar-refractivity contribution in [2.45, 2.75) is 32.6 Å². The molecule has 1 rings (SSSR count). The normalized spacial score (nSPS) is 11.9. The third-order valence-corrected chi connectivity index (χ3v) is 2.92. The average molecular weight is 284 g/mol. The van der Waals surface area contributed by atoms with Gasteiger partial charge in [0.05, 0.1) is 7.05 Å². The summed E-state index contributed by atoms with van der Waals surface area (Å²) in [5.74, 6) is -0.355. The van der Waals surface area contributed by atoms with Crippen molar-refractivity contribution in [3.05, 3.63) is 0 Å². The van der Waals surface area contributed by atoms with Crippen LogP contribution in [0.1, 0.15) is 32.6 Å². The Morgan fingerprint density at radius 2 is 2.15 bits per heavy atom. The van der Waals surface area contributed by atoms with Crippen LogP contribution < -0.4 is 10.6 Å². The van der Waals surface area contributed by atoms with Gasteiger partial charge >= 0.3 is 12.0 Å². The minimum Gasteiger partial charge on any atom is -0.481 e. The second-order valence-corrected chi connectivity index (χ2v) is 4.48. The Morgan fingerprint density at radius 3 is 2.70 bits per heavy atom. The number of hydrogen-bond donors (Lipinski definition) is 3. The number of nitrogens with zero attached hydrogens (tertiary/aromatic N) is 4. The number of aromatic nitrogens is 4. The third-order valence-electron chi connectivity index (χ3n) is 2.92. The Labute approximate surface area is 116 Å². The van der Waals surface area contributed by atoms with Crippen LogP contribution >= 0.6 is 0 Å². The molecule has 2 amide bonds. The molecular formula is C11H20N6O3. The number of rotatable bonds is 8. The Bertz CT molecular complexity index is 447. The topological polar surface area (TPSA) is 122 Å². The van der Waals surface area contributed by atoms with Gasteiger partial charge in [-0.2, -0.15) is 4.80 Å². The van der Waals surface area contributed by atoms with E-state index >= 15 is 0 Å². The quantitative estimate of drug-likeness (QED) is 0.643. The Morgan fingerprint density at radius 1 is 1.40 bits per heavy atom. The number of carboxylic acids is 1. The predicted molar refractivity (Wildman–Crippen MR) is 71.1 cm³/mol. The van der Waals surface area contributed by atoms with Crippen molar-refractivity contribution >= 4 is 17.9 Å². The largest absolute Gasteiger partial charge is 0.481 e. The van der Waals surface area contributed by atoms with Gasteiger partial charge < -0.3 is 10.4 Å². The number of hydrogen-bond acceptors (Lipinski definition) is 5. The first-order chi connectivity index (χ1) is 9.51. The number of anilines is 1. The first-order valence-electron chi connectivity index (χ1n) is 6.52. The molecule has 1 atom stereocenters. The molecule has 0 saturated carbocycles. The zero-order valence-electron chi connectivity index (χ0n) is 11.7. The van der Waals surface area contributed by atoms with Gasteiger partial charge in [-0.1, -0.05) is 18.4 Å². The van der Waals surface area contributed by atoms with Crippen LogP contribution in [-0.2, 0) is 11.8 Å². The van der Waals surface area contributed by atoms with Crippen molar-refractivity contribution in [2.75, 3.05) is 11.9 Å². The summed E-state index contributed by atoms with van der Waals surface area (Å²) in [5, 5.41) is 24.8. The summed E-state index contributed by atoms with van der Waals surface area (Å²) in [5.41, 5.74) is 0. The first-order valence-corrected chi connectivity index (χ1v) is 6.52. The van der Waals surface area contributed by atoms with Gasteiger partial charge in [-0.05, 0) is 24.0 Å². The molecule has 20 heavy (non-hydrogen) atoms. The monoisotopic (exact) mass is 284 g/mol. The molecule has 1 heterocycles. The SMILES string of the molecule is CCC(CCNC(=O)Nc1nnn(C)n1)CCC(=O)O. The van der Waals surface area contributed by atoms with Crippen molar-refractivity contribution in [1.82, 2.24) is 25.5 Å². The zero-order valence-corrected chi connectivity index (χ0v) is 11.7. The molecule has 0 saturated heterocycles. The number of aliphatic carboxylic acids is 1. The Balaban J connectivity index is 2.21. The summed E-state index contributed by atoms with van der Waals surface area (Å²) in [6.07, 6.45) is 2.42. The molecular weight excluding hydrogens is 264 g/mol. The smallest absolute Gasteiger partial charge is 0.321 e. The van der Waals surface area contributed by atoms with Crippen LogP contribution in [0.4, 0.5) is 10.7 Å². The highest BCUT2D eigenvalue weighted by Gasteiger charge is 2.10. The summed E-state index contributed by atoms with van der Waals surface area (Å²) < 4.78 is 0. The summed E-state index contributed by atoms with van der Waals surface area (Å²) >= 11 is 0. The third kappa shape index (κ3) is 6.12. The van der Waals surface area contributed by atoms with Crippen LogP contribution in [0.25, 0.3) is 0 Å². The van der Waals surface area contributed by atoms with E-state index < -0.39 is 12.0 Å². The van der Waals surface area contributed by atoms with Gasteiger partial charge in [0, 0.05) is 13.0 Å². The molecule has 0 fully saturated rings. The van der Waals surface area contributed by atoms with Crippen molar-refractivity contribution in [3.8, 4) is 0 Å². The van der Waals surface area contributed by atoms with Crippen molar-refractivity contribution in [3.63, 3.8) is 0 Å². The molecule has 0 radical (unpaired) electrons. The summed E-state index contributed by atoms with van der Waals surface area (Å²) in [7, 11) is 1.60. The number of amides is 2. The first kappa shape index (κ1) is 15.9. The molecule has 0 aliphatic heterocycles. The minimum atomic E-state index is -0.789. The number of carbonyl (C=O) groups excluding carboxylic acids is 1. The number of tetrazole rings is 1. The molecule has 9 nitrogen and oxygen atoms in total. The lowest BCUT2D eigenvalue weighted by Gasteiger charge is -2.13. The van der Waals surface area contributed by atoms with E-state index in [-0.39, 0.29) is 12.4 Å². The highest BCUT2D eigenvalue weighted by Crippen LogP contribution is 2.14. The summed E-state index contributed by atoms with van der Waals surface area (Å²) in [4.78, 5) is 23.3. The predicted octanol–water partition coefficient (Wildman–Crippen LogP) is 0.613. The van der Waals surface area contributed by atoms with Gasteiger partial charge in [0.25, 0.3) is 5.95 Å². The Kier molecular flexibility index (Phi) is 6.41. The molecule has 0 aliphatic rings. The van der Waals surface area contributed by atoms with Gasteiger partial charge in [0.2, 0.25) is 0 Å². The zero-order chi connectivity index (χ0) is 15.0. The molecule has 1 aromatic rings. The second-order valence-electron chi connectivity index (χ2n) is 4.48. The number of carbonyl (C=O) groups is 2. The van der Waals surface area contributed by atoms with E-state index in [0.29, 0.717) is 18.9 Å². The van der Waals surface area contributed by atoms with Gasteiger partial charge in [0.1, 0.15) is 0 Å². The standard InChI is InChI=1S/C11H20N6O3/c1-3-8(4-5-9(18)19)6-7-12-11(20)13-10-14-16-17(2)15-10/h8H,3-7H2,1-2H3,(H,18,19)(H2,12,13,15,20). The number of carboxylic acid groups (broad SMARTS) is 1. The van der Waals surface area contributed by atoms with Crippen LogP contribution in [0.3, 0.4) is 0 Å². The number of urea groups is 1. The van der Waals surface area contributed by atoms with Crippen molar-refractivity contribution < 1.29 is 14.7 Å². The van der Waals surface area contributed by atoms with E-state index in [1.807, 2.05) is 6.92 Å². The van der Waals surface area contributed by atoms with Crippen molar-refractivity contribution in [2.24, 2.45) is 13.0 Å². The van der Waals surface area contributed by atoms with E-state index in [1.165, 1.54) is 4.80 Å². The van der Waals surface area contributed by atoms with E-state index in [2.05, 4.69) is 26.0 Å². The molecule has 112 valence electrons. The highest BCUT2D eigenvalue weighted by molar-refractivity contribution is 5.87. The van der Waals surface area contributed by atoms with E-state index in [0.717, 1.165) is 12.8 Å². The molecule has 0 bridgehead atoms. The molecule has 1 unspecified atom stereocenters. The van der Waals surface area contributed by atoms with Crippen LogP contribution in [-0.4, -0.2) is 43.9 Å². The number of aryl methyl sites for hydroxylation is 1. The van der Waals surface area contributed by atoms with Crippen LogP contribution in [0, 0.1) is 5.92 Å². The Hall–Kier alpha value is -2.19. The van der Waals surface area contributed by atoms with E-state index in [9.17, 15) is 9.59 Å². The van der Waals surface area contributed by atoms with Gasteiger partial charge in [-0.25, -0.2) is 4.79 Å². The molecule has 0 aliphatic carbocycles. The fourth-order valence-electron chi connectivity index (χ4n) is 1.75. The molecule has 9 heteroatoms. The fourth-order valence-corrected chi connectivity index (χ4v) is 1.75. The summed E-state index contributed by atoms with van der Waals surface area (Å²) in [6, 6.07) is -0.397. The maximum absolute atomic E-state index is 11.5. The maximum Gasteiger partial charge on any atom is 0.321 e. The lowest BCUT2D eigenvalue weighted by molar-refractivity contribution is -0.137. The maximum atomic E-state index is 11.5. The molecule has 3 N–H and O–H groups in total. The van der Waals surface area contributed by atoms with E-state index in [1.54, 1.807) is 7.05 Å². The lowest BCUT2D eigenvalue weighted by atomic mass is 9.97. The van der Waals surface area contributed by atoms with Crippen LogP contribution in [0.5, 0.6) is 0 Å². The average Bonchev–Trinajstić information content (AvgIpc) is 2.78. The van der Waals surface area contributed by atoms with Crippen LogP contribution in [0.15, 0.2) is 0 Å². The second kappa shape index (κ2) is 8.08. The molecule has 1 aromatic heterocycles. The highest BCUT2D eigenvalue weighted by atomic mass is 16.4. The van der Waals surface area contributed by atoms with E-state index in [4.69, 9.17) is 5.11 Å². The number of nitrogens with one attached hydrogen (secondary N) is 2. The minimum absolute atomic E-state index is 0.142.